The standard InChI is InChI=1S/C23H24N8O2/c1-13-12-14(2)30-23(25-13)26-20(28-30)22(33)29-11-10-24-21(32)19(29)18-15(3)27-31(16(18)4)17-8-6-5-7-9-17/h5-9,12,19H,10-11H2,1-4H3,(H,24,32). The molecule has 10 nitrogen and oxygen atoms in total. The number of nitrogens with one attached hydrogen (secondary N) is 1. The summed E-state index contributed by atoms with van der Waals surface area (Å²) in [6, 6.07) is 10.7. The minimum Gasteiger partial charge on any atom is -0.352 e. The Balaban J connectivity index is 1.58. The topological polar surface area (TPSA) is 110 Å². The lowest BCUT2D eigenvalue weighted by Gasteiger charge is -2.34. The highest BCUT2D eigenvalue weighted by Gasteiger charge is 2.39. The lowest BCUT2D eigenvalue weighted by Crippen LogP contribution is -2.52. The Kier molecular flexibility index (Phi) is 4.92. The molecule has 1 aliphatic heterocycles. The van der Waals surface area contributed by atoms with E-state index in [-0.39, 0.29) is 11.7 Å². The maximum atomic E-state index is 13.5. The molecule has 1 atom stereocenters. The summed E-state index contributed by atoms with van der Waals surface area (Å²) in [5.41, 5.74) is 4.70. The van der Waals surface area contributed by atoms with Gasteiger partial charge in [0.15, 0.2) is 0 Å². The van der Waals surface area contributed by atoms with Crippen molar-refractivity contribution in [2.24, 2.45) is 0 Å². The number of amides is 2. The van der Waals surface area contributed by atoms with Crippen LogP contribution in [0.1, 0.15) is 45.0 Å². The van der Waals surface area contributed by atoms with Crippen molar-refractivity contribution in [3.63, 3.8) is 0 Å². The van der Waals surface area contributed by atoms with Crippen LogP contribution in [0.15, 0.2) is 36.4 Å². The molecule has 10 heteroatoms. The Morgan fingerprint density at radius 1 is 1.06 bits per heavy atom. The molecule has 1 N–H and O–H groups in total. The van der Waals surface area contributed by atoms with Gasteiger partial charge in [-0.3, -0.25) is 9.59 Å². The minimum absolute atomic E-state index is 0.0154. The number of fused-ring (bicyclic) bond motifs is 1. The highest BCUT2D eigenvalue weighted by Crippen LogP contribution is 2.31. The first kappa shape index (κ1) is 20.8. The van der Waals surface area contributed by atoms with Gasteiger partial charge in [0.05, 0.1) is 11.4 Å². The number of carbonyl (C=O) groups is 2. The van der Waals surface area contributed by atoms with Gasteiger partial charge in [-0.2, -0.15) is 10.1 Å². The Morgan fingerprint density at radius 3 is 2.58 bits per heavy atom. The predicted octanol–water partition coefficient (Wildman–Crippen LogP) is 1.86. The van der Waals surface area contributed by atoms with Crippen LogP contribution in [0.3, 0.4) is 0 Å². The first-order chi connectivity index (χ1) is 15.8. The minimum atomic E-state index is -0.828. The van der Waals surface area contributed by atoms with Crippen LogP contribution in [-0.2, 0) is 4.79 Å². The Morgan fingerprint density at radius 2 is 1.82 bits per heavy atom. The van der Waals surface area contributed by atoms with Gasteiger partial charge in [0.25, 0.3) is 11.7 Å². The number of carbonyl (C=O) groups excluding carboxylic acids is 2. The Labute approximate surface area is 190 Å². The van der Waals surface area contributed by atoms with Gasteiger partial charge >= 0.3 is 0 Å². The fraction of sp³-hybridized carbons (Fsp3) is 0.304. The van der Waals surface area contributed by atoms with E-state index in [0.29, 0.717) is 30.1 Å². The molecule has 5 rings (SSSR count). The molecular weight excluding hydrogens is 420 g/mol. The SMILES string of the molecule is Cc1cc(C)n2nc(C(=O)N3CCNC(=O)C3c3c(C)nn(-c4ccccc4)c3C)nc2n1. The van der Waals surface area contributed by atoms with E-state index in [1.165, 1.54) is 4.90 Å². The first-order valence-corrected chi connectivity index (χ1v) is 10.8. The molecule has 4 heterocycles. The molecule has 0 spiro atoms. The van der Waals surface area contributed by atoms with Crippen molar-refractivity contribution in [3.05, 3.63) is 70.6 Å². The highest BCUT2D eigenvalue weighted by atomic mass is 16.2. The average molecular weight is 444 g/mol. The lowest BCUT2D eigenvalue weighted by atomic mass is 10.00. The van der Waals surface area contributed by atoms with E-state index in [1.54, 1.807) is 9.20 Å². The van der Waals surface area contributed by atoms with Crippen molar-refractivity contribution in [3.8, 4) is 5.69 Å². The van der Waals surface area contributed by atoms with Crippen LogP contribution < -0.4 is 5.32 Å². The third-order valence-electron chi connectivity index (χ3n) is 5.90. The van der Waals surface area contributed by atoms with Crippen molar-refractivity contribution in [2.75, 3.05) is 13.1 Å². The summed E-state index contributed by atoms with van der Waals surface area (Å²) in [7, 11) is 0. The second kappa shape index (κ2) is 7.80. The second-order valence-corrected chi connectivity index (χ2v) is 8.21. The van der Waals surface area contributed by atoms with Crippen LogP contribution in [-0.4, -0.2) is 59.2 Å². The van der Waals surface area contributed by atoms with Crippen LogP contribution >= 0.6 is 0 Å². The van der Waals surface area contributed by atoms with E-state index >= 15 is 0 Å². The zero-order valence-corrected chi connectivity index (χ0v) is 18.9. The van der Waals surface area contributed by atoms with E-state index in [1.807, 2.05) is 64.1 Å². The third kappa shape index (κ3) is 3.43. The number of piperazine rings is 1. The maximum absolute atomic E-state index is 13.5. The highest BCUT2D eigenvalue weighted by molar-refractivity contribution is 5.96. The Hall–Kier alpha value is -4.08. The van der Waals surface area contributed by atoms with Crippen LogP contribution in [0.25, 0.3) is 11.5 Å². The van der Waals surface area contributed by atoms with Gasteiger partial charge in [0.1, 0.15) is 6.04 Å². The quantitative estimate of drug-likeness (QED) is 0.516. The molecule has 0 aliphatic carbocycles. The number of rotatable bonds is 3. The van der Waals surface area contributed by atoms with E-state index in [4.69, 9.17) is 0 Å². The van der Waals surface area contributed by atoms with Gasteiger partial charge in [-0.1, -0.05) is 18.2 Å². The van der Waals surface area contributed by atoms with Gasteiger partial charge in [0.2, 0.25) is 11.7 Å². The van der Waals surface area contributed by atoms with Crippen molar-refractivity contribution >= 4 is 17.6 Å². The van der Waals surface area contributed by atoms with E-state index in [2.05, 4.69) is 25.5 Å². The predicted molar refractivity (Wildman–Crippen MR) is 120 cm³/mol. The van der Waals surface area contributed by atoms with E-state index in [9.17, 15) is 9.59 Å². The number of para-hydroxylation sites is 1. The number of hydrogen-bond donors (Lipinski definition) is 1. The summed E-state index contributed by atoms with van der Waals surface area (Å²) in [4.78, 5) is 36.9. The van der Waals surface area contributed by atoms with Crippen molar-refractivity contribution in [1.29, 1.82) is 0 Å². The smallest absolute Gasteiger partial charge is 0.294 e. The summed E-state index contributed by atoms with van der Waals surface area (Å²) >= 11 is 0. The molecule has 1 unspecified atom stereocenters. The van der Waals surface area contributed by atoms with Crippen LogP contribution in [0.5, 0.6) is 0 Å². The van der Waals surface area contributed by atoms with Gasteiger partial charge < -0.3 is 10.2 Å². The zero-order chi connectivity index (χ0) is 23.3. The fourth-order valence-corrected chi connectivity index (χ4v) is 4.43. The first-order valence-electron chi connectivity index (χ1n) is 10.8. The van der Waals surface area contributed by atoms with Gasteiger partial charge in [-0.15, -0.1) is 5.10 Å². The molecule has 3 aromatic heterocycles. The Bertz CT molecular complexity index is 1390. The molecule has 1 saturated heterocycles. The number of benzene rings is 1. The van der Waals surface area contributed by atoms with Crippen molar-refractivity contribution in [2.45, 2.75) is 33.7 Å². The van der Waals surface area contributed by atoms with Crippen LogP contribution in [0, 0.1) is 27.7 Å². The molecule has 0 radical (unpaired) electrons. The summed E-state index contributed by atoms with van der Waals surface area (Å²) in [5.74, 6) is -0.286. The molecule has 1 aromatic carbocycles. The molecule has 33 heavy (non-hydrogen) atoms. The molecule has 1 fully saturated rings. The zero-order valence-electron chi connectivity index (χ0n) is 18.9. The largest absolute Gasteiger partial charge is 0.352 e. The number of nitrogens with zero attached hydrogens (tertiary/aromatic N) is 7. The lowest BCUT2D eigenvalue weighted by molar-refractivity contribution is -0.128. The fourth-order valence-electron chi connectivity index (χ4n) is 4.43. The molecule has 4 aromatic rings. The van der Waals surface area contributed by atoms with Crippen LogP contribution in [0.4, 0.5) is 0 Å². The molecule has 1 aliphatic rings. The molecule has 0 bridgehead atoms. The summed E-state index contributed by atoms with van der Waals surface area (Å²) in [6.07, 6.45) is 0. The normalized spacial score (nSPS) is 16.3. The van der Waals surface area contributed by atoms with Gasteiger partial charge in [0, 0.05) is 35.7 Å². The van der Waals surface area contributed by atoms with Crippen LogP contribution in [0.2, 0.25) is 0 Å². The molecule has 0 saturated carbocycles. The summed E-state index contributed by atoms with van der Waals surface area (Å²) in [5, 5.41) is 11.9. The molecule has 2 amide bonds. The van der Waals surface area contributed by atoms with Crippen molar-refractivity contribution in [1.82, 2.24) is 39.6 Å². The van der Waals surface area contributed by atoms with Gasteiger partial charge in [-0.25, -0.2) is 14.2 Å². The molecular formula is C23H24N8O2. The van der Waals surface area contributed by atoms with Crippen molar-refractivity contribution < 1.29 is 9.59 Å². The summed E-state index contributed by atoms with van der Waals surface area (Å²) in [6.45, 7) is 8.20. The average Bonchev–Trinajstić information content (AvgIpc) is 3.35. The van der Waals surface area contributed by atoms with Gasteiger partial charge in [-0.05, 0) is 45.9 Å². The summed E-state index contributed by atoms with van der Waals surface area (Å²) < 4.78 is 3.34. The number of aromatic nitrogens is 6. The van der Waals surface area contributed by atoms with E-state index in [0.717, 1.165) is 22.8 Å². The second-order valence-electron chi connectivity index (χ2n) is 8.21. The number of hydrogen-bond acceptors (Lipinski definition) is 6. The monoisotopic (exact) mass is 444 g/mol. The maximum Gasteiger partial charge on any atom is 0.294 e. The third-order valence-corrected chi connectivity index (χ3v) is 5.90. The molecule has 168 valence electrons. The number of aryl methyl sites for hydroxylation is 3. The van der Waals surface area contributed by atoms with E-state index < -0.39 is 11.9 Å².